The third-order valence-corrected chi connectivity index (χ3v) is 6.10. The molecule has 0 spiro atoms. The third kappa shape index (κ3) is 2.78. The average Bonchev–Trinajstić information content (AvgIpc) is 3.36. The predicted octanol–water partition coefficient (Wildman–Crippen LogP) is 0.636. The van der Waals surface area contributed by atoms with Gasteiger partial charge in [0.25, 0.3) is 0 Å². The van der Waals surface area contributed by atoms with Gasteiger partial charge in [0.2, 0.25) is 0 Å². The SMILES string of the molecule is OC[C@]12CN[C@H]([C@H](n3cnc4c(NCc5cccc(I)c5)ncnc43)O1)[C@H]2O. The van der Waals surface area contributed by atoms with Gasteiger partial charge in [0, 0.05) is 16.7 Å². The Labute approximate surface area is 174 Å². The fourth-order valence-corrected chi connectivity index (χ4v) is 4.54. The molecule has 0 unspecified atom stereocenters. The largest absolute Gasteiger partial charge is 0.393 e. The maximum absolute atomic E-state index is 10.5. The first-order valence-corrected chi connectivity index (χ1v) is 10.1. The van der Waals surface area contributed by atoms with E-state index in [0.717, 1.165) is 5.56 Å². The molecule has 9 nitrogen and oxygen atoms in total. The number of aromatic nitrogens is 4. The molecule has 146 valence electrons. The van der Waals surface area contributed by atoms with Gasteiger partial charge < -0.3 is 25.6 Å². The number of nitrogens with zero attached hydrogens (tertiary/aromatic N) is 4. The summed E-state index contributed by atoms with van der Waals surface area (Å²) in [6.45, 7) is 0.779. The number of hydrogen-bond donors (Lipinski definition) is 4. The van der Waals surface area contributed by atoms with Gasteiger partial charge in [-0.2, -0.15) is 0 Å². The standard InChI is InChI=1S/C18H19IN6O3/c19-11-3-1-2-10(4-11)5-20-15-13-16(23-8-22-15)25(9-24-13)17-12-14(27)18(7-26,28-17)6-21-12/h1-4,8-9,12,14,17,21,26-27H,5-7H2,(H,20,22,23)/t12-,14+,17+,18-/m0/s1. The van der Waals surface area contributed by atoms with E-state index >= 15 is 0 Å². The van der Waals surface area contributed by atoms with Crippen LogP contribution in [0.3, 0.4) is 0 Å². The van der Waals surface area contributed by atoms with Gasteiger partial charge in [0.05, 0.1) is 19.0 Å². The summed E-state index contributed by atoms with van der Waals surface area (Å²) in [6.07, 6.45) is 1.83. The fraction of sp³-hybridized carbons (Fsp3) is 0.389. The quantitative estimate of drug-likeness (QED) is 0.382. The van der Waals surface area contributed by atoms with Crippen LogP contribution < -0.4 is 10.6 Å². The van der Waals surface area contributed by atoms with Crippen LogP contribution in [-0.2, 0) is 11.3 Å². The highest BCUT2D eigenvalue weighted by Gasteiger charge is 2.60. The molecule has 4 heterocycles. The van der Waals surface area contributed by atoms with Crippen molar-refractivity contribution in [3.05, 3.63) is 46.1 Å². The van der Waals surface area contributed by atoms with Crippen LogP contribution in [0.5, 0.6) is 0 Å². The van der Waals surface area contributed by atoms with Crippen molar-refractivity contribution >= 4 is 39.6 Å². The number of anilines is 1. The van der Waals surface area contributed by atoms with Gasteiger partial charge in [-0.3, -0.25) is 4.57 Å². The Hall–Kier alpha value is -1.86. The molecule has 10 heteroatoms. The lowest BCUT2D eigenvalue weighted by atomic mass is 10.0. The third-order valence-electron chi connectivity index (χ3n) is 5.43. The summed E-state index contributed by atoms with van der Waals surface area (Å²) in [4.78, 5) is 13.2. The van der Waals surface area contributed by atoms with E-state index in [-0.39, 0.29) is 12.6 Å². The van der Waals surface area contributed by atoms with Gasteiger partial charge in [0.1, 0.15) is 18.0 Å². The summed E-state index contributed by atoms with van der Waals surface area (Å²) in [6, 6.07) is 7.89. The number of benzene rings is 1. The van der Waals surface area contributed by atoms with Crippen LogP contribution >= 0.6 is 22.6 Å². The smallest absolute Gasteiger partial charge is 0.167 e. The van der Waals surface area contributed by atoms with Crippen molar-refractivity contribution in [2.75, 3.05) is 18.5 Å². The molecule has 4 N–H and O–H groups in total. The second kappa shape index (κ2) is 6.88. The number of rotatable bonds is 5. The van der Waals surface area contributed by atoms with Crippen LogP contribution in [0, 0.1) is 3.57 Å². The number of aliphatic hydroxyl groups excluding tert-OH is 2. The number of hydrogen-bond acceptors (Lipinski definition) is 8. The van der Waals surface area contributed by atoms with Crippen LogP contribution in [-0.4, -0.2) is 60.6 Å². The minimum absolute atomic E-state index is 0.252. The number of aliphatic hydroxyl groups is 2. The predicted molar refractivity (Wildman–Crippen MR) is 110 cm³/mol. The van der Waals surface area contributed by atoms with Gasteiger partial charge in [-0.05, 0) is 40.3 Å². The molecule has 0 radical (unpaired) electrons. The molecule has 2 bridgehead atoms. The first kappa shape index (κ1) is 18.2. The minimum atomic E-state index is -0.982. The van der Waals surface area contributed by atoms with E-state index in [1.807, 2.05) is 12.1 Å². The van der Waals surface area contributed by atoms with Gasteiger partial charge >= 0.3 is 0 Å². The molecular formula is C18H19IN6O3. The molecule has 3 aromatic rings. The molecule has 0 aliphatic carbocycles. The summed E-state index contributed by atoms with van der Waals surface area (Å²) in [5, 5.41) is 26.7. The molecule has 2 saturated heterocycles. The molecule has 5 rings (SSSR count). The Morgan fingerprint density at radius 3 is 3.04 bits per heavy atom. The summed E-state index contributed by atoms with van der Waals surface area (Å²) in [7, 11) is 0. The van der Waals surface area contributed by atoms with E-state index in [2.05, 4.69) is 60.3 Å². The lowest BCUT2D eigenvalue weighted by Gasteiger charge is -2.30. The summed E-state index contributed by atoms with van der Waals surface area (Å²) in [5.41, 5.74) is 1.41. The lowest BCUT2D eigenvalue weighted by Crippen LogP contribution is -2.46. The number of imidazole rings is 1. The number of fused-ring (bicyclic) bond motifs is 3. The van der Waals surface area contributed by atoms with Crippen LogP contribution in [0.2, 0.25) is 0 Å². The topological polar surface area (TPSA) is 117 Å². The van der Waals surface area contributed by atoms with Gasteiger partial charge in [-0.15, -0.1) is 0 Å². The zero-order valence-corrected chi connectivity index (χ0v) is 16.9. The Morgan fingerprint density at radius 2 is 2.25 bits per heavy atom. The first-order valence-electron chi connectivity index (χ1n) is 8.97. The molecule has 0 saturated carbocycles. The van der Waals surface area contributed by atoms with Gasteiger partial charge in [-0.1, -0.05) is 12.1 Å². The van der Waals surface area contributed by atoms with E-state index < -0.39 is 17.9 Å². The van der Waals surface area contributed by atoms with Crippen LogP contribution in [0.15, 0.2) is 36.9 Å². The highest BCUT2D eigenvalue weighted by atomic mass is 127. The second-order valence-electron chi connectivity index (χ2n) is 7.11. The zero-order valence-electron chi connectivity index (χ0n) is 14.8. The van der Waals surface area contributed by atoms with E-state index in [0.29, 0.717) is 30.1 Å². The molecule has 2 fully saturated rings. The highest BCUT2D eigenvalue weighted by molar-refractivity contribution is 14.1. The number of ether oxygens (including phenoxy) is 1. The van der Waals surface area contributed by atoms with Crippen molar-refractivity contribution in [3.63, 3.8) is 0 Å². The molecule has 4 atom stereocenters. The van der Waals surface area contributed by atoms with Crippen molar-refractivity contribution in [3.8, 4) is 0 Å². The van der Waals surface area contributed by atoms with E-state index in [4.69, 9.17) is 4.74 Å². The van der Waals surface area contributed by atoms with E-state index in [9.17, 15) is 10.2 Å². The average molecular weight is 494 g/mol. The molecule has 2 aliphatic rings. The summed E-state index contributed by atoms with van der Waals surface area (Å²) < 4.78 is 8.98. The van der Waals surface area contributed by atoms with E-state index in [1.165, 1.54) is 9.90 Å². The molecule has 28 heavy (non-hydrogen) atoms. The Morgan fingerprint density at radius 1 is 1.36 bits per heavy atom. The fourth-order valence-electron chi connectivity index (χ4n) is 3.93. The van der Waals surface area contributed by atoms with Crippen molar-refractivity contribution in [2.24, 2.45) is 0 Å². The first-order chi connectivity index (χ1) is 13.6. The molecular weight excluding hydrogens is 475 g/mol. The number of halogens is 1. The van der Waals surface area contributed by atoms with Crippen LogP contribution in [0.1, 0.15) is 11.8 Å². The Kier molecular flexibility index (Phi) is 4.47. The second-order valence-corrected chi connectivity index (χ2v) is 8.36. The van der Waals surface area contributed by atoms with Crippen LogP contribution in [0.4, 0.5) is 5.82 Å². The van der Waals surface area contributed by atoms with Crippen molar-refractivity contribution < 1.29 is 14.9 Å². The molecule has 1 aromatic carbocycles. The van der Waals surface area contributed by atoms with Crippen molar-refractivity contribution in [2.45, 2.75) is 30.5 Å². The molecule has 2 aromatic heterocycles. The zero-order chi connectivity index (χ0) is 19.3. The van der Waals surface area contributed by atoms with Gasteiger partial charge in [0.15, 0.2) is 23.2 Å². The monoisotopic (exact) mass is 494 g/mol. The van der Waals surface area contributed by atoms with Crippen molar-refractivity contribution in [1.29, 1.82) is 0 Å². The number of morpholine rings is 1. The highest BCUT2D eigenvalue weighted by Crippen LogP contribution is 2.42. The van der Waals surface area contributed by atoms with Crippen LogP contribution in [0.25, 0.3) is 11.2 Å². The maximum Gasteiger partial charge on any atom is 0.167 e. The summed E-state index contributed by atoms with van der Waals surface area (Å²) in [5.74, 6) is 0.635. The summed E-state index contributed by atoms with van der Waals surface area (Å²) >= 11 is 2.29. The molecule has 2 aliphatic heterocycles. The minimum Gasteiger partial charge on any atom is -0.393 e. The Balaban J connectivity index is 1.43. The van der Waals surface area contributed by atoms with Gasteiger partial charge in [-0.25, -0.2) is 15.0 Å². The molecule has 0 amide bonds. The van der Waals surface area contributed by atoms with Crippen molar-refractivity contribution in [1.82, 2.24) is 24.8 Å². The maximum atomic E-state index is 10.5. The lowest BCUT2D eigenvalue weighted by molar-refractivity contribution is -0.130. The normalized spacial score (nSPS) is 28.9. The number of nitrogens with one attached hydrogen (secondary N) is 2. The Bertz CT molecular complexity index is 1030. The van der Waals surface area contributed by atoms with E-state index in [1.54, 1.807) is 10.9 Å².